The number of nitrogens with zero attached hydrogens (tertiary/aromatic N) is 2. The average Bonchev–Trinajstić information content (AvgIpc) is 3.07. The Kier molecular flexibility index (Phi) is 5.29. The van der Waals surface area contributed by atoms with Crippen LogP contribution in [0.2, 0.25) is 5.02 Å². The third kappa shape index (κ3) is 3.83. The fourth-order valence-corrected chi connectivity index (χ4v) is 3.56. The molecule has 6 heteroatoms. The summed E-state index contributed by atoms with van der Waals surface area (Å²) >= 11 is 5.86. The van der Waals surface area contributed by atoms with E-state index in [1.54, 1.807) is 29.2 Å². The second-order valence-electron chi connectivity index (χ2n) is 6.80. The van der Waals surface area contributed by atoms with Crippen LogP contribution in [-0.2, 0) is 4.79 Å². The Bertz CT molecular complexity index is 597. The van der Waals surface area contributed by atoms with E-state index in [2.05, 4.69) is 12.2 Å². The molecule has 0 aromatic heterocycles. The number of nitrogens with one attached hydrogen (secondary N) is 1. The van der Waals surface area contributed by atoms with Crippen molar-refractivity contribution in [1.29, 1.82) is 0 Å². The lowest BCUT2D eigenvalue weighted by molar-refractivity contribution is -0.136. The van der Waals surface area contributed by atoms with Crippen LogP contribution < -0.4 is 5.32 Å². The molecular formula is C18H24ClN3O2. The lowest BCUT2D eigenvalue weighted by Gasteiger charge is -2.34. The number of rotatable bonds is 2. The second-order valence-corrected chi connectivity index (χ2v) is 7.23. The topological polar surface area (TPSA) is 52.7 Å². The molecule has 24 heavy (non-hydrogen) atoms. The van der Waals surface area contributed by atoms with Crippen LogP contribution in [-0.4, -0.2) is 47.4 Å². The first kappa shape index (κ1) is 17.1. The summed E-state index contributed by atoms with van der Waals surface area (Å²) in [5, 5.41) is 3.49. The van der Waals surface area contributed by atoms with Gasteiger partial charge in [-0.1, -0.05) is 18.5 Å². The molecule has 1 atom stereocenters. The minimum atomic E-state index is -0.328. The maximum absolute atomic E-state index is 12.8. The maximum atomic E-state index is 12.8. The summed E-state index contributed by atoms with van der Waals surface area (Å²) in [6.45, 7) is 4.47. The molecule has 2 heterocycles. The number of carbonyl (C=O) groups excluding carboxylic acids is 2. The molecule has 0 unspecified atom stereocenters. The average molecular weight is 350 g/mol. The highest BCUT2D eigenvalue weighted by Crippen LogP contribution is 2.24. The Hall–Kier alpha value is -1.75. The van der Waals surface area contributed by atoms with Gasteiger partial charge in [-0.15, -0.1) is 0 Å². The molecule has 1 aromatic carbocycles. The molecule has 3 rings (SSSR count). The van der Waals surface area contributed by atoms with Crippen molar-refractivity contribution in [3.05, 3.63) is 29.3 Å². The van der Waals surface area contributed by atoms with Gasteiger partial charge in [0, 0.05) is 30.3 Å². The van der Waals surface area contributed by atoms with E-state index in [-0.39, 0.29) is 18.0 Å². The number of amides is 3. The van der Waals surface area contributed by atoms with Crippen LogP contribution in [0.25, 0.3) is 0 Å². The standard InChI is InChI=1S/C18H24ClN3O2/c1-13-8-11-21(12-9-13)17(23)16-3-2-10-22(16)18(24)20-15-6-4-14(19)5-7-15/h4-7,13,16H,2-3,8-12H2,1H3,(H,20,24)/t16-/m0/s1. The fraction of sp³-hybridized carbons (Fsp3) is 0.556. The van der Waals surface area contributed by atoms with Crippen LogP contribution in [0.4, 0.5) is 10.5 Å². The van der Waals surface area contributed by atoms with Gasteiger partial charge in [-0.3, -0.25) is 4.79 Å². The zero-order chi connectivity index (χ0) is 17.1. The van der Waals surface area contributed by atoms with E-state index in [4.69, 9.17) is 11.6 Å². The zero-order valence-electron chi connectivity index (χ0n) is 14.0. The molecule has 2 aliphatic heterocycles. The molecule has 0 spiro atoms. The Morgan fingerprint density at radius 1 is 1.08 bits per heavy atom. The molecule has 2 aliphatic rings. The van der Waals surface area contributed by atoms with Gasteiger partial charge < -0.3 is 15.1 Å². The molecule has 0 aliphatic carbocycles. The van der Waals surface area contributed by atoms with Crippen LogP contribution in [0.3, 0.4) is 0 Å². The van der Waals surface area contributed by atoms with Gasteiger partial charge in [0.25, 0.3) is 0 Å². The summed E-state index contributed by atoms with van der Waals surface area (Å²) in [4.78, 5) is 29.0. The number of halogens is 1. The van der Waals surface area contributed by atoms with E-state index >= 15 is 0 Å². The highest BCUT2D eigenvalue weighted by atomic mass is 35.5. The number of urea groups is 1. The van der Waals surface area contributed by atoms with Crippen molar-refractivity contribution in [3.63, 3.8) is 0 Å². The van der Waals surface area contributed by atoms with Gasteiger partial charge in [-0.25, -0.2) is 4.79 Å². The van der Waals surface area contributed by atoms with Crippen LogP contribution >= 0.6 is 11.6 Å². The number of hydrogen-bond acceptors (Lipinski definition) is 2. The van der Waals surface area contributed by atoms with Crippen molar-refractivity contribution < 1.29 is 9.59 Å². The molecule has 0 bridgehead atoms. The van der Waals surface area contributed by atoms with Crippen LogP contribution in [0.1, 0.15) is 32.6 Å². The quantitative estimate of drug-likeness (QED) is 0.887. The van der Waals surface area contributed by atoms with E-state index < -0.39 is 0 Å². The molecule has 3 amide bonds. The zero-order valence-corrected chi connectivity index (χ0v) is 14.8. The number of anilines is 1. The first-order valence-electron chi connectivity index (χ1n) is 8.66. The van der Waals surface area contributed by atoms with Crippen molar-refractivity contribution in [2.75, 3.05) is 25.0 Å². The van der Waals surface area contributed by atoms with Gasteiger partial charge in [0.05, 0.1) is 0 Å². The van der Waals surface area contributed by atoms with Crippen molar-refractivity contribution >= 4 is 29.2 Å². The van der Waals surface area contributed by atoms with Crippen molar-refractivity contribution in [2.45, 2.75) is 38.6 Å². The van der Waals surface area contributed by atoms with Crippen LogP contribution in [0.5, 0.6) is 0 Å². The van der Waals surface area contributed by atoms with Crippen LogP contribution in [0, 0.1) is 5.92 Å². The first-order valence-corrected chi connectivity index (χ1v) is 9.04. The highest BCUT2D eigenvalue weighted by Gasteiger charge is 2.37. The number of likely N-dealkylation sites (tertiary alicyclic amines) is 2. The Balaban J connectivity index is 1.62. The van der Waals surface area contributed by atoms with Gasteiger partial charge in [-0.2, -0.15) is 0 Å². The maximum Gasteiger partial charge on any atom is 0.322 e. The summed E-state index contributed by atoms with van der Waals surface area (Å²) in [5.74, 6) is 0.785. The minimum absolute atomic E-state index is 0.102. The molecule has 5 nitrogen and oxygen atoms in total. The summed E-state index contributed by atoms with van der Waals surface area (Å²) < 4.78 is 0. The SMILES string of the molecule is CC1CCN(C(=O)[C@@H]2CCCN2C(=O)Nc2ccc(Cl)cc2)CC1. The molecule has 130 valence electrons. The Morgan fingerprint density at radius 2 is 1.75 bits per heavy atom. The van der Waals surface area contributed by atoms with Gasteiger partial charge >= 0.3 is 6.03 Å². The molecule has 2 fully saturated rings. The van der Waals surface area contributed by atoms with E-state index in [0.717, 1.165) is 38.8 Å². The molecule has 0 radical (unpaired) electrons. The van der Waals surface area contributed by atoms with Gasteiger partial charge in [0.1, 0.15) is 6.04 Å². The summed E-state index contributed by atoms with van der Waals surface area (Å²) in [6.07, 6.45) is 3.72. The predicted molar refractivity (Wildman–Crippen MR) is 95.2 cm³/mol. The monoisotopic (exact) mass is 349 g/mol. The normalized spacial score (nSPS) is 21.8. The lowest BCUT2D eigenvalue weighted by atomic mass is 9.98. The third-order valence-corrected chi connectivity index (χ3v) is 5.24. The minimum Gasteiger partial charge on any atom is -0.341 e. The third-order valence-electron chi connectivity index (χ3n) is 4.99. The first-order chi connectivity index (χ1) is 11.5. The van der Waals surface area contributed by atoms with Crippen LogP contribution in [0.15, 0.2) is 24.3 Å². The van der Waals surface area contributed by atoms with E-state index in [1.165, 1.54) is 0 Å². The molecule has 1 aromatic rings. The molecule has 0 saturated carbocycles. The predicted octanol–water partition coefficient (Wildman–Crippen LogP) is 3.59. The second kappa shape index (κ2) is 7.43. The van der Waals surface area contributed by atoms with E-state index in [0.29, 0.717) is 23.2 Å². The number of benzene rings is 1. The van der Waals surface area contributed by atoms with Gasteiger partial charge in [0.15, 0.2) is 0 Å². The summed E-state index contributed by atoms with van der Waals surface area (Å²) in [6, 6.07) is 6.46. The Labute approximate surface area is 147 Å². The highest BCUT2D eigenvalue weighted by molar-refractivity contribution is 6.30. The number of hydrogen-bond donors (Lipinski definition) is 1. The Morgan fingerprint density at radius 3 is 2.42 bits per heavy atom. The number of carbonyl (C=O) groups is 2. The van der Waals surface area contributed by atoms with E-state index in [9.17, 15) is 9.59 Å². The molecular weight excluding hydrogens is 326 g/mol. The fourth-order valence-electron chi connectivity index (χ4n) is 3.43. The summed E-state index contributed by atoms with van der Waals surface area (Å²) in [5.41, 5.74) is 0.689. The van der Waals surface area contributed by atoms with Crippen molar-refractivity contribution in [1.82, 2.24) is 9.80 Å². The van der Waals surface area contributed by atoms with E-state index in [1.807, 2.05) is 4.90 Å². The summed E-state index contributed by atoms with van der Waals surface area (Å²) in [7, 11) is 0. The smallest absolute Gasteiger partial charge is 0.322 e. The molecule has 1 N–H and O–H groups in total. The largest absolute Gasteiger partial charge is 0.341 e. The van der Waals surface area contributed by atoms with Crippen molar-refractivity contribution in [3.8, 4) is 0 Å². The lowest BCUT2D eigenvalue weighted by Crippen LogP contribution is -2.50. The van der Waals surface area contributed by atoms with Gasteiger partial charge in [-0.05, 0) is 55.9 Å². The number of piperidine rings is 1. The van der Waals surface area contributed by atoms with Gasteiger partial charge in [0.2, 0.25) is 5.91 Å². The molecule has 2 saturated heterocycles. The van der Waals surface area contributed by atoms with Crippen molar-refractivity contribution in [2.24, 2.45) is 5.92 Å².